The van der Waals surface area contributed by atoms with E-state index in [1.165, 1.54) is 16.4 Å². The summed E-state index contributed by atoms with van der Waals surface area (Å²) in [7, 11) is -4.07. The van der Waals surface area contributed by atoms with Gasteiger partial charge in [-0.2, -0.15) is 4.31 Å². The zero-order valence-corrected chi connectivity index (χ0v) is 19.6. The van der Waals surface area contributed by atoms with E-state index in [2.05, 4.69) is 10.3 Å². The number of amides is 1. The number of sulfonamides is 1. The van der Waals surface area contributed by atoms with Gasteiger partial charge in [-0.25, -0.2) is 17.6 Å². The van der Waals surface area contributed by atoms with Crippen molar-refractivity contribution >= 4 is 39.2 Å². The molecule has 11 heteroatoms. The molecule has 1 fully saturated rings. The van der Waals surface area contributed by atoms with Crippen molar-refractivity contribution in [3.8, 4) is 0 Å². The number of H-pyrrole nitrogens is 1. The van der Waals surface area contributed by atoms with E-state index in [1.807, 2.05) is 0 Å². The van der Waals surface area contributed by atoms with E-state index < -0.39 is 27.7 Å². The van der Waals surface area contributed by atoms with Crippen LogP contribution in [0.2, 0.25) is 5.02 Å². The molecule has 32 heavy (non-hydrogen) atoms. The number of benzene rings is 1. The molecule has 1 aliphatic rings. The number of hydrogen-bond acceptors (Lipinski definition) is 5. The molecule has 1 aromatic carbocycles. The van der Waals surface area contributed by atoms with Crippen LogP contribution in [0.1, 0.15) is 41.5 Å². The molecular formula is C21H25ClFN3O5S. The number of aromatic amines is 1. The predicted octanol–water partition coefficient (Wildman–Crippen LogP) is 3.64. The quantitative estimate of drug-likeness (QED) is 0.607. The van der Waals surface area contributed by atoms with Crippen LogP contribution in [0, 0.1) is 25.6 Å². The van der Waals surface area contributed by atoms with Gasteiger partial charge in [-0.05, 0) is 51.8 Å². The minimum atomic E-state index is -4.07. The second kappa shape index (κ2) is 9.60. The number of esters is 1. The van der Waals surface area contributed by atoms with Crippen molar-refractivity contribution in [1.29, 1.82) is 0 Å². The second-order valence-corrected chi connectivity index (χ2v) is 9.90. The minimum absolute atomic E-state index is 0.0168. The highest BCUT2D eigenvalue weighted by atomic mass is 35.5. The van der Waals surface area contributed by atoms with Crippen molar-refractivity contribution in [2.45, 2.75) is 38.5 Å². The SMILES string of the molecule is CCOC(=O)c1c(C)[nH]c(C)c1S(=O)(=O)N1CCC[C@@H](C(=O)Nc2ccc(F)c(Cl)c2)C1. The number of aryl methyl sites for hydroxylation is 2. The molecule has 0 aliphatic carbocycles. The number of anilines is 1. The van der Waals surface area contributed by atoms with Crippen LogP contribution in [0.25, 0.3) is 0 Å². The molecule has 2 aromatic rings. The number of hydrogen-bond donors (Lipinski definition) is 2. The number of nitrogens with one attached hydrogen (secondary N) is 2. The van der Waals surface area contributed by atoms with Gasteiger partial charge in [0.05, 0.1) is 17.5 Å². The van der Waals surface area contributed by atoms with Gasteiger partial charge < -0.3 is 15.0 Å². The third-order valence-electron chi connectivity index (χ3n) is 5.34. The first-order valence-corrected chi connectivity index (χ1v) is 12.0. The fourth-order valence-corrected chi connectivity index (χ4v) is 5.97. The van der Waals surface area contributed by atoms with Gasteiger partial charge in [0.2, 0.25) is 15.9 Å². The summed E-state index contributed by atoms with van der Waals surface area (Å²) in [5.41, 5.74) is 1.04. The van der Waals surface area contributed by atoms with Gasteiger partial charge in [-0.1, -0.05) is 11.6 Å². The van der Waals surface area contributed by atoms with Gasteiger partial charge in [-0.3, -0.25) is 4.79 Å². The Morgan fingerprint density at radius 3 is 2.69 bits per heavy atom. The average Bonchev–Trinajstić information content (AvgIpc) is 3.05. The van der Waals surface area contributed by atoms with Crippen LogP contribution in [0.15, 0.2) is 23.1 Å². The molecule has 1 aromatic heterocycles. The second-order valence-electron chi connectivity index (χ2n) is 7.62. The van der Waals surface area contributed by atoms with Crippen molar-refractivity contribution in [2.75, 3.05) is 25.0 Å². The standard InChI is InChI=1S/C21H25ClFN3O5S/c1-4-31-21(28)18-12(2)24-13(3)19(18)32(29,30)26-9-5-6-14(11-26)20(27)25-15-7-8-17(23)16(22)10-15/h7-8,10,14,24H,4-6,9,11H2,1-3H3,(H,25,27)/t14-/m1/s1. The smallest absolute Gasteiger partial charge is 0.341 e. The lowest BCUT2D eigenvalue weighted by Gasteiger charge is -2.31. The normalized spacial score (nSPS) is 17.2. The van der Waals surface area contributed by atoms with Crippen molar-refractivity contribution in [1.82, 2.24) is 9.29 Å². The number of nitrogens with zero attached hydrogens (tertiary/aromatic N) is 1. The number of piperidine rings is 1. The molecule has 0 spiro atoms. The molecule has 8 nitrogen and oxygen atoms in total. The molecule has 1 saturated heterocycles. The Morgan fingerprint density at radius 1 is 1.31 bits per heavy atom. The molecule has 2 heterocycles. The van der Waals surface area contributed by atoms with E-state index in [0.29, 0.717) is 29.9 Å². The highest BCUT2D eigenvalue weighted by Crippen LogP contribution is 2.31. The lowest BCUT2D eigenvalue weighted by molar-refractivity contribution is -0.120. The number of halogens is 2. The third kappa shape index (κ3) is 4.82. The molecule has 2 N–H and O–H groups in total. The minimum Gasteiger partial charge on any atom is -0.462 e. The molecule has 1 amide bonds. The van der Waals surface area contributed by atoms with E-state index in [-0.39, 0.29) is 41.1 Å². The Labute approximate surface area is 191 Å². The molecule has 174 valence electrons. The Kier molecular flexibility index (Phi) is 7.26. The summed E-state index contributed by atoms with van der Waals surface area (Å²) >= 11 is 5.76. The van der Waals surface area contributed by atoms with Crippen molar-refractivity contribution in [3.63, 3.8) is 0 Å². The largest absolute Gasteiger partial charge is 0.462 e. The third-order valence-corrected chi connectivity index (χ3v) is 7.66. The summed E-state index contributed by atoms with van der Waals surface area (Å²) in [6.45, 7) is 5.12. The van der Waals surface area contributed by atoms with Crippen molar-refractivity contribution in [3.05, 3.63) is 46.0 Å². The maximum atomic E-state index is 13.5. The summed E-state index contributed by atoms with van der Waals surface area (Å²) in [6, 6.07) is 3.82. The number of aromatic nitrogens is 1. The fraction of sp³-hybridized carbons (Fsp3) is 0.429. The summed E-state index contributed by atoms with van der Waals surface area (Å²) in [6.07, 6.45) is 0.960. The first-order chi connectivity index (χ1) is 15.1. The van der Waals surface area contributed by atoms with Crippen LogP contribution in [0.4, 0.5) is 10.1 Å². The fourth-order valence-electron chi connectivity index (χ4n) is 3.85. The molecule has 0 bridgehead atoms. The van der Waals surface area contributed by atoms with Crippen LogP contribution < -0.4 is 5.32 Å². The first-order valence-electron chi connectivity index (χ1n) is 10.2. The molecule has 1 atom stereocenters. The first kappa shape index (κ1) is 24.2. The average molecular weight is 486 g/mol. The summed E-state index contributed by atoms with van der Waals surface area (Å²) in [5, 5.41) is 2.54. The lowest BCUT2D eigenvalue weighted by atomic mass is 9.99. The number of rotatable bonds is 6. The molecule has 0 unspecified atom stereocenters. The highest BCUT2D eigenvalue weighted by molar-refractivity contribution is 7.89. The summed E-state index contributed by atoms with van der Waals surface area (Å²) < 4.78 is 46.6. The van der Waals surface area contributed by atoms with E-state index in [4.69, 9.17) is 16.3 Å². The lowest BCUT2D eigenvalue weighted by Crippen LogP contribution is -2.44. The number of ether oxygens (including phenoxy) is 1. The van der Waals surface area contributed by atoms with Gasteiger partial charge in [0.1, 0.15) is 16.3 Å². The van der Waals surface area contributed by atoms with Gasteiger partial charge in [0.15, 0.2) is 0 Å². The van der Waals surface area contributed by atoms with Crippen LogP contribution in [0.5, 0.6) is 0 Å². The Bertz CT molecular complexity index is 1150. The summed E-state index contributed by atoms with van der Waals surface area (Å²) in [5.74, 6) is -2.32. The zero-order valence-electron chi connectivity index (χ0n) is 18.0. The highest BCUT2D eigenvalue weighted by Gasteiger charge is 2.38. The van der Waals surface area contributed by atoms with E-state index in [9.17, 15) is 22.4 Å². The molecular weight excluding hydrogens is 461 g/mol. The Morgan fingerprint density at radius 2 is 2.03 bits per heavy atom. The zero-order chi connectivity index (χ0) is 23.6. The Balaban J connectivity index is 1.83. The van der Waals surface area contributed by atoms with E-state index in [0.717, 1.165) is 6.07 Å². The van der Waals surface area contributed by atoms with Gasteiger partial charge >= 0.3 is 5.97 Å². The van der Waals surface area contributed by atoms with E-state index in [1.54, 1.807) is 20.8 Å². The van der Waals surface area contributed by atoms with Crippen LogP contribution in [0.3, 0.4) is 0 Å². The van der Waals surface area contributed by atoms with Crippen LogP contribution in [-0.2, 0) is 19.6 Å². The number of carbonyl (C=O) groups excluding carboxylic acids is 2. The van der Waals surface area contributed by atoms with Crippen LogP contribution in [-0.4, -0.2) is 49.3 Å². The van der Waals surface area contributed by atoms with Crippen molar-refractivity contribution < 1.29 is 27.1 Å². The molecule has 0 saturated carbocycles. The molecule has 0 radical (unpaired) electrons. The topological polar surface area (TPSA) is 109 Å². The van der Waals surface area contributed by atoms with Gasteiger partial charge in [-0.15, -0.1) is 0 Å². The van der Waals surface area contributed by atoms with Gasteiger partial charge in [0.25, 0.3) is 0 Å². The summed E-state index contributed by atoms with van der Waals surface area (Å²) in [4.78, 5) is 28.0. The maximum Gasteiger partial charge on any atom is 0.341 e. The van der Waals surface area contributed by atoms with Crippen molar-refractivity contribution in [2.24, 2.45) is 5.92 Å². The number of carbonyl (C=O) groups is 2. The maximum absolute atomic E-state index is 13.5. The van der Waals surface area contributed by atoms with Crippen LogP contribution >= 0.6 is 11.6 Å². The predicted molar refractivity (Wildman–Crippen MR) is 118 cm³/mol. The molecule has 3 rings (SSSR count). The van der Waals surface area contributed by atoms with Gasteiger partial charge in [0, 0.05) is 30.2 Å². The van der Waals surface area contributed by atoms with E-state index >= 15 is 0 Å². The monoisotopic (exact) mass is 485 g/mol. The molecule has 1 aliphatic heterocycles. The Hall–Kier alpha value is -2.43.